The van der Waals surface area contributed by atoms with Crippen molar-refractivity contribution in [3.63, 3.8) is 0 Å². The number of methoxy groups -OCH3 is 1. The minimum atomic E-state index is -0.112. The zero-order chi connectivity index (χ0) is 14.1. The second-order valence-corrected chi connectivity index (χ2v) is 5.19. The summed E-state index contributed by atoms with van der Waals surface area (Å²) < 4.78 is 5.30. The van der Waals surface area contributed by atoms with Crippen LogP contribution in [-0.4, -0.2) is 17.9 Å². The average Bonchev–Trinajstić information content (AvgIpc) is 2.91. The summed E-state index contributed by atoms with van der Waals surface area (Å²) in [5.41, 5.74) is 3.88. The summed E-state index contributed by atoms with van der Waals surface area (Å²) in [6.07, 6.45) is 3.55. The van der Waals surface area contributed by atoms with Gasteiger partial charge >= 0.3 is 0 Å². The van der Waals surface area contributed by atoms with E-state index in [1.165, 1.54) is 5.56 Å². The molecule has 0 fully saturated rings. The number of pyridine rings is 1. The summed E-state index contributed by atoms with van der Waals surface area (Å²) in [5.74, 6) is 0.787. The highest BCUT2D eigenvalue weighted by Crippen LogP contribution is 2.34. The molecule has 102 valence electrons. The molecule has 0 N–H and O–H groups in total. The SMILES string of the molecule is COc1cc(C(=O)C2CCc3cccnc32)ccc1C. The highest BCUT2D eigenvalue weighted by molar-refractivity contribution is 6.01. The Labute approximate surface area is 118 Å². The third kappa shape index (κ3) is 2.09. The maximum absolute atomic E-state index is 12.7. The minimum absolute atomic E-state index is 0.112. The van der Waals surface area contributed by atoms with Crippen molar-refractivity contribution >= 4 is 5.78 Å². The predicted molar refractivity (Wildman–Crippen MR) is 77.4 cm³/mol. The monoisotopic (exact) mass is 267 g/mol. The Morgan fingerprint density at radius 3 is 3.00 bits per heavy atom. The van der Waals surface area contributed by atoms with Gasteiger partial charge in [0.15, 0.2) is 5.78 Å². The van der Waals surface area contributed by atoms with Crippen LogP contribution in [0.5, 0.6) is 5.75 Å². The van der Waals surface area contributed by atoms with Crippen molar-refractivity contribution in [1.29, 1.82) is 0 Å². The van der Waals surface area contributed by atoms with Crippen molar-refractivity contribution in [2.75, 3.05) is 7.11 Å². The summed E-state index contributed by atoms with van der Waals surface area (Å²) in [5, 5.41) is 0. The lowest BCUT2D eigenvalue weighted by atomic mass is 9.94. The lowest BCUT2D eigenvalue weighted by molar-refractivity contribution is 0.0958. The van der Waals surface area contributed by atoms with Crippen LogP contribution in [0.4, 0.5) is 0 Å². The number of aromatic nitrogens is 1. The Kier molecular flexibility index (Phi) is 3.26. The predicted octanol–water partition coefficient (Wildman–Crippen LogP) is 3.31. The number of benzene rings is 1. The number of rotatable bonds is 3. The number of ether oxygens (including phenoxy) is 1. The van der Waals surface area contributed by atoms with E-state index < -0.39 is 0 Å². The summed E-state index contributed by atoms with van der Waals surface area (Å²) in [7, 11) is 1.63. The number of ketones is 1. The van der Waals surface area contributed by atoms with E-state index in [0.717, 1.165) is 29.8 Å². The molecule has 0 saturated heterocycles. The van der Waals surface area contributed by atoms with Gasteiger partial charge in [0.25, 0.3) is 0 Å². The number of carbonyl (C=O) groups excluding carboxylic acids is 1. The van der Waals surface area contributed by atoms with Crippen molar-refractivity contribution in [1.82, 2.24) is 4.98 Å². The second kappa shape index (κ2) is 5.08. The first-order valence-electron chi connectivity index (χ1n) is 6.83. The van der Waals surface area contributed by atoms with Crippen LogP contribution in [0.15, 0.2) is 36.5 Å². The van der Waals surface area contributed by atoms with Gasteiger partial charge in [-0.1, -0.05) is 18.2 Å². The number of aryl methyl sites for hydroxylation is 2. The molecule has 1 unspecified atom stereocenters. The summed E-state index contributed by atoms with van der Waals surface area (Å²) in [6, 6.07) is 9.63. The van der Waals surface area contributed by atoms with Crippen LogP contribution in [-0.2, 0) is 6.42 Å². The average molecular weight is 267 g/mol. The van der Waals surface area contributed by atoms with E-state index in [9.17, 15) is 4.79 Å². The van der Waals surface area contributed by atoms with Gasteiger partial charge in [0, 0.05) is 11.8 Å². The third-order valence-corrected chi connectivity index (χ3v) is 3.97. The Balaban J connectivity index is 1.94. The molecule has 0 amide bonds. The Bertz CT molecular complexity index is 664. The van der Waals surface area contributed by atoms with Crippen molar-refractivity contribution in [3.05, 3.63) is 58.9 Å². The first-order chi connectivity index (χ1) is 9.70. The quantitative estimate of drug-likeness (QED) is 0.801. The molecule has 1 atom stereocenters. The zero-order valence-corrected chi connectivity index (χ0v) is 11.7. The summed E-state index contributed by atoms with van der Waals surface area (Å²) in [4.78, 5) is 17.1. The standard InChI is InChI=1S/C17H17NO2/c1-11-5-6-13(10-15(11)20-2)17(19)14-8-7-12-4-3-9-18-16(12)14/h3-6,9-10,14H,7-8H2,1-2H3. The largest absolute Gasteiger partial charge is 0.496 e. The molecular formula is C17H17NO2. The molecule has 20 heavy (non-hydrogen) atoms. The molecule has 1 heterocycles. The van der Waals surface area contributed by atoms with Crippen LogP contribution in [0.2, 0.25) is 0 Å². The molecule has 0 aliphatic heterocycles. The topological polar surface area (TPSA) is 39.2 Å². The molecule has 1 aliphatic rings. The lowest BCUT2D eigenvalue weighted by Crippen LogP contribution is -2.11. The first-order valence-corrected chi connectivity index (χ1v) is 6.83. The van der Waals surface area contributed by atoms with Gasteiger partial charge in [-0.25, -0.2) is 0 Å². The summed E-state index contributed by atoms with van der Waals surface area (Å²) >= 11 is 0. The van der Waals surface area contributed by atoms with Gasteiger partial charge in [0.1, 0.15) is 5.75 Å². The Morgan fingerprint density at radius 1 is 1.35 bits per heavy atom. The number of fused-ring (bicyclic) bond motifs is 1. The molecule has 3 rings (SSSR count). The minimum Gasteiger partial charge on any atom is -0.496 e. The van der Waals surface area contributed by atoms with E-state index in [-0.39, 0.29) is 11.7 Å². The molecule has 0 saturated carbocycles. The van der Waals surface area contributed by atoms with E-state index >= 15 is 0 Å². The van der Waals surface area contributed by atoms with E-state index in [1.807, 2.05) is 31.2 Å². The Hall–Kier alpha value is -2.16. The first kappa shape index (κ1) is 12.9. The van der Waals surface area contributed by atoms with Gasteiger partial charge in [-0.15, -0.1) is 0 Å². The zero-order valence-electron chi connectivity index (χ0n) is 11.7. The van der Waals surface area contributed by atoms with Gasteiger partial charge in [0.2, 0.25) is 0 Å². The molecule has 2 aromatic rings. The fourth-order valence-corrected chi connectivity index (χ4v) is 2.84. The number of hydrogen-bond acceptors (Lipinski definition) is 3. The van der Waals surface area contributed by atoms with Crippen LogP contribution in [0, 0.1) is 6.92 Å². The highest BCUT2D eigenvalue weighted by atomic mass is 16.5. The van der Waals surface area contributed by atoms with E-state index in [1.54, 1.807) is 13.3 Å². The smallest absolute Gasteiger partial charge is 0.172 e. The van der Waals surface area contributed by atoms with E-state index in [2.05, 4.69) is 11.1 Å². The van der Waals surface area contributed by atoms with Gasteiger partial charge in [0.05, 0.1) is 18.7 Å². The molecular weight excluding hydrogens is 250 g/mol. The number of carbonyl (C=O) groups is 1. The third-order valence-electron chi connectivity index (χ3n) is 3.97. The van der Waals surface area contributed by atoms with Crippen LogP contribution in [0.1, 0.15) is 39.5 Å². The molecule has 0 spiro atoms. The number of nitrogens with zero attached hydrogens (tertiary/aromatic N) is 1. The van der Waals surface area contributed by atoms with Crippen LogP contribution >= 0.6 is 0 Å². The van der Waals surface area contributed by atoms with Crippen molar-refractivity contribution in [2.45, 2.75) is 25.7 Å². The second-order valence-electron chi connectivity index (χ2n) is 5.19. The number of Topliss-reactive ketones (excluding diaryl/α,β-unsaturated/α-hetero) is 1. The Morgan fingerprint density at radius 2 is 2.20 bits per heavy atom. The number of hydrogen-bond donors (Lipinski definition) is 0. The van der Waals surface area contributed by atoms with E-state index in [4.69, 9.17) is 4.74 Å². The summed E-state index contributed by atoms with van der Waals surface area (Å²) in [6.45, 7) is 1.97. The van der Waals surface area contributed by atoms with Gasteiger partial charge in [-0.3, -0.25) is 9.78 Å². The molecule has 3 nitrogen and oxygen atoms in total. The normalized spacial score (nSPS) is 16.8. The maximum Gasteiger partial charge on any atom is 0.172 e. The fourth-order valence-electron chi connectivity index (χ4n) is 2.84. The molecule has 0 bridgehead atoms. The molecule has 1 aromatic heterocycles. The lowest BCUT2D eigenvalue weighted by Gasteiger charge is -2.11. The highest BCUT2D eigenvalue weighted by Gasteiger charge is 2.30. The van der Waals surface area contributed by atoms with E-state index in [0.29, 0.717) is 5.56 Å². The fraction of sp³-hybridized carbons (Fsp3) is 0.294. The maximum atomic E-state index is 12.7. The van der Waals surface area contributed by atoms with Gasteiger partial charge < -0.3 is 4.74 Å². The van der Waals surface area contributed by atoms with Crippen molar-refractivity contribution in [2.24, 2.45) is 0 Å². The molecule has 1 aliphatic carbocycles. The van der Waals surface area contributed by atoms with Crippen LogP contribution < -0.4 is 4.74 Å². The molecule has 0 radical (unpaired) electrons. The molecule has 1 aromatic carbocycles. The van der Waals surface area contributed by atoms with Gasteiger partial charge in [-0.2, -0.15) is 0 Å². The van der Waals surface area contributed by atoms with Crippen LogP contribution in [0.25, 0.3) is 0 Å². The molecule has 3 heteroatoms. The van der Waals surface area contributed by atoms with Gasteiger partial charge in [-0.05, 0) is 43.0 Å². The van der Waals surface area contributed by atoms with Crippen molar-refractivity contribution < 1.29 is 9.53 Å². The van der Waals surface area contributed by atoms with Crippen LogP contribution in [0.3, 0.4) is 0 Å². The van der Waals surface area contributed by atoms with Crippen molar-refractivity contribution in [3.8, 4) is 5.75 Å².